The Morgan fingerprint density at radius 3 is 2.33 bits per heavy atom. The number of nitrogens with zero attached hydrogens (tertiary/aromatic N) is 3. The number of fused-ring (bicyclic) bond motifs is 2. The predicted molar refractivity (Wildman–Crippen MR) is 102 cm³/mol. The summed E-state index contributed by atoms with van der Waals surface area (Å²) in [7, 11) is 0. The Kier molecular flexibility index (Phi) is 3.94. The van der Waals surface area contributed by atoms with E-state index >= 15 is 0 Å². The molecule has 0 unspecified atom stereocenters. The second kappa shape index (κ2) is 6.24. The minimum absolute atomic E-state index is 0.0800. The Balaban J connectivity index is 2.04. The summed E-state index contributed by atoms with van der Waals surface area (Å²) in [4.78, 5) is 23.8. The molecule has 2 aromatic carbocycles. The number of carbonyl (C=O) groups is 1. The molecule has 3 aromatic rings. The van der Waals surface area contributed by atoms with E-state index in [9.17, 15) is 4.79 Å². The molecular formula is C19H17N3OS. The van der Waals surface area contributed by atoms with Crippen LogP contribution in [-0.4, -0.2) is 28.4 Å². The van der Waals surface area contributed by atoms with Gasteiger partial charge in [0, 0.05) is 17.3 Å². The van der Waals surface area contributed by atoms with E-state index in [1.165, 1.54) is 11.8 Å². The molecule has 24 heavy (non-hydrogen) atoms. The van der Waals surface area contributed by atoms with Crippen molar-refractivity contribution in [3.8, 4) is 0 Å². The zero-order chi connectivity index (χ0) is 16.5. The smallest absolute Gasteiger partial charge is 0.243 e. The van der Waals surface area contributed by atoms with Crippen molar-refractivity contribution in [1.29, 1.82) is 0 Å². The topological polar surface area (TPSA) is 45.6 Å². The van der Waals surface area contributed by atoms with Gasteiger partial charge < -0.3 is 0 Å². The van der Waals surface area contributed by atoms with E-state index < -0.39 is 0 Å². The molecule has 0 saturated carbocycles. The van der Waals surface area contributed by atoms with Crippen molar-refractivity contribution < 1.29 is 4.79 Å². The van der Waals surface area contributed by atoms with Crippen molar-refractivity contribution in [3.63, 3.8) is 0 Å². The number of carbonyl (C=O) groups excluding carboxylic acids is 1. The van der Waals surface area contributed by atoms with Crippen LogP contribution in [0.3, 0.4) is 0 Å². The average Bonchev–Trinajstić information content (AvgIpc) is 2.98. The predicted octanol–water partition coefficient (Wildman–Crippen LogP) is 4.23. The van der Waals surface area contributed by atoms with Crippen molar-refractivity contribution in [2.75, 3.05) is 17.2 Å². The summed E-state index contributed by atoms with van der Waals surface area (Å²) in [6, 6.07) is 15.9. The summed E-state index contributed by atoms with van der Waals surface area (Å²) in [5, 5.41) is 2.76. The van der Waals surface area contributed by atoms with Crippen LogP contribution < -0.4 is 4.90 Å². The minimum Gasteiger partial charge on any atom is -0.273 e. The van der Waals surface area contributed by atoms with E-state index in [4.69, 9.17) is 4.98 Å². The minimum atomic E-state index is 0.0800. The fourth-order valence-corrected chi connectivity index (χ4v) is 3.85. The van der Waals surface area contributed by atoms with Crippen molar-refractivity contribution in [2.45, 2.75) is 13.3 Å². The highest BCUT2D eigenvalue weighted by atomic mass is 32.2. The molecule has 0 spiro atoms. The Morgan fingerprint density at radius 2 is 1.71 bits per heavy atom. The number of aliphatic imine (C=N–C) groups is 1. The molecule has 0 radical (unpaired) electrons. The Labute approximate surface area is 144 Å². The fourth-order valence-electron chi connectivity index (χ4n) is 2.96. The molecule has 0 N–H and O–H groups in total. The maximum Gasteiger partial charge on any atom is 0.243 e. The molecule has 1 amide bonds. The molecule has 5 heteroatoms. The normalized spacial score (nSPS) is 16.6. The molecule has 1 aromatic heterocycles. The highest BCUT2D eigenvalue weighted by Crippen LogP contribution is 2.37. The largest absolute Gasteiger partial charge is 0.273 e. The molecule has 1 aliphatic rings. The zero-order valence-corrected chi connectivity index (χ0v) is 14.2. The lowest BCUT2D eigenvalue weighted by Crippen LogP contribution is -2.30. The SMILES string of the molecule is CCCN=C1SCC(=O)N1c1c2ccccc2nc2ccccc12. The van der Waals surface area contributed by atoms with Crippen molar-refractivity contribution >= 4 is 50.3 Å². The highest BCUT2D eigenvalue weighted by Gasteiger charge is 2.32. The van der Waals surface area contributed by atoms with Crippen LogP contribution >= 0.6 is 11.8 Å². The summed E-state index contributed by atoms with van der Waals surface area (Å²) in [6.07, 6.45) is 0.962. The van der Waals surface area contributed by atoms with E-state index in [1.807, 2.05) is 48.5 Å². The van der Waals surface area contributed by atoms with Gasteiger partial charge in [-0.05, 0) is 18.6 Å². The van der Waals surface area contributed by atoms with E-state index in [2.05, 4.69) is 11.9 Å². The number of rotatable bonds is 3. The van der Waals surface area contributed by atoms with Gasteiger partial charge in [-0.3, -0.25) is 14.7 Å². The lowest BCUT2D eigenvalue weighted by Gasteiger charge is -2.20. The van der Waals surface area contributed by atoms with Crippen LogP contribution in [0, 0.1) is 0 Å². The number of aromatic nitrogens is 1. The number of hydrogen-bond acceptors (Lipinski definition) is 4. The van der Waals surface area contributed by atoms with E-state index in [0.29, 0.717) is 5.75 Å². The first-order chi connectivity index (χ1) is 11.8. The lowest BCUT2D eigenvalue weighted by molar-refractivity contribution is -0.115. The molecule has 4 nitrogen and oxygen atoms in total. The van der Waals surface area contributed by atoms with Crippen LogP contribution in [-0.2, 0) is 4.79 Å². The first kappa shape index (κ1) is 15.1. The standard InChI is InChI=1S/C19H17N3OS/c1-2-11-20-19-22(17(23)12-24-19)18-13-7-3-5-9-15(13)21-16-10-6-4-8-14(16)18/h3-10H,2,11-12H2,1H3. The Morgan fingerprint density at radius 1 is 1.08 bits per heavy atom. The van der Waals surface area contributed by atoms with Gasteiger partial charge in [-0.1, -0.05) is 55.1 Å². The number of amides is 1. The first-order valence-corrected chi connectivity index (χ1v) is 9.06. The molecule has 0 aliphatic carbocycles. The third-order valence-electron chi connectivity index (χ3n) is 4.02. The van der Waals surface area contributed by atoms with Crippen molar-refractivity contribution in [1.82, 2.24) is 4.98 Å². The first-order valence-electron chi connectivity index (χ1n) is 8.07. The lowest BCUT2D eigenvalue weighted by atomic mass is 10.1. The molecule has 2 heterocycles. The van der Waals surface area contributed by atoms with Gasteiger partial charge in [-0.2, -0.15) is 0 Å². The van der Waals surface area contributed by atoms with Gasteiger partial charge in [-0.25, -0.2) is 4.98 Å². The zero-order valence-electron chi connectivity index (χ0n) is 13.4. The molecule has 4 rings (SSSR count). The molecule has 0 bridgehead atoms. The quantitative estimate of drug-likeness (QED) is 0.673. The van der Waals surface area contributed by atoms with Crippen molar-refractivity contribution in [2.24, 2.45) is 4.99 Å². The van der Waals surface area contributed by atoms with Crippen LogP contribution in [0.25, 0.3) is 21.8 Å². The molecule has 120 valence electrons. The Bertz CT molecular complexity index is 913. The van der Waals surface area contributed by atoms with E-state index in [0.717, 1.165) is 45.6 Å². The molecule has 0 atom stereocenters. The molecular weight excluding hydrogens is 318 g/mol. The van der Waals surface area contributed by atoms with Gasteiger partial charge >= 0.3 is 0 Å². The van der Waals surface area contributed by atoms with Gasteiger partial charge in [0.2, 0.25) is 5.91 Å². The van der Waals surface area contributed by atoms with Gasteiger partial charge in [0.05, 0.1) is 22.5 Å². The molecule has 1 saturated heterocycles. The van der Waals surface area contributed by atoms with Crippen LogP contribution in [0.4, 0.5) is 5.69 Å². The fraction of sp³-hybridized carbons (Fsp3) is 0.211. The molecule has 1 aliphatic heterocycles. The average molecular weight is 335 g/mol. The number of hydrogen-bond donors (Lipinski definition) is 0. The second-order valence-electron chi connectivity index (χ2n) is 5.68. The summed E-state index contributed by atoms with van der Waals surface area (Å²) < 4.78 is 0. The van der Waals surface area contributed by atoms with E-state index in [-0.39, 0.29) is 5.91 Å². The second-order valence-corrected chi connectivity index (χ2v) is 6.62. The van der Waals surface area contributed by atoms with Gasteiger partial charge in [-0.15, -0.1) is 0 Å². The number of benzene rings is 2. The number of thioether (sulfide) groups is 1. The van der Waals surface area contributed by atoms with Crippen LogP contribution in [0.5, 0.6) is 0 Å². The van der Waals surface area contributed by atoms with Crippen molar-refractivity contribution in [3.05, 3.63) is 48.5 Å². The van der Waals surface area contributed by atoms with Gasteiger partial charge in [0.1, 0.15) is 0 Å². The summed E-state index contributed by atoms with van der Waals surface area (Å²) in [6.45, 7) is 2.82. The van der Waals surface area contributed by atoms with Crippen LogP contribution in [0.1, 0.15) is 13.3 Å². The van der Waals surface area contributed by atoms with Gasteiger partial charge in [0.15, 0.2) is 5.17 Å². The van der Waals surface area contributed by atoms with Gasteiger partial charge in [0.25, 0.3) is 0 Å². The number of amidine groups is 1. The maximum atomic E-state index is 12.6. The van der Waals surface area contributed by atoms with E-state index in [1.54, 1.807) is 4.90 Å². The maximum absolute atomic E-state index is 12.6. The third kappa shape index (κ3) is 2.45. The monoisotopic (exact) mass is 335 g/mol. The number of para-hydroxylation sites is 2. The highest BCUT2D eigenvalue weighted by molar-refractivity contribution is 8.15. The van der Waals surface area contributed by atoms with Crippen LogP contribution in [0.2, 0.25) is 0 Å². The summed E-state index contributed by atoms with van der Waals surface area (Å²) >= 11 is 1.52. The number of pyridine rings is 1. The number of anilines is 1. The summed E-state index contributed by atoms with van der Waals surface area (Å²) in [5.41, 5.74) is 2.69. The molecule has 1 fully saturated rings. The summed E-state index contributed by atoms with van der Waals surface area (Å²) in [5.74, 6) is 0.518. The van der Waals surface area contributed by atoms with Crippen LogP contribution in [0.15, 0.2) is 53.5 Å². The third-order valence-corrected chi connectivity index (χ3v) is 4.98. The Hall–Kier alpha value is -2.40.